The van der Waals surface area contributed by atoms with Gasteiger partial charge in [-0.25, -0.2) is 4.98 Å². The van der Waals surface area contributed by atoms with Gasteiger partial charge in [0.05, 0.1) is 5.69 Å². The van der Waals surface area contributed by atoms with E-state index < -0.39 is 0 Å². The molecule has 0 saturated heterocycles. The molecule has 2 aromatic rings. The summed E-state index contributed by atoms with van der Waals surface area (Å²) in [5.74, 6) is 1.27. The highest BCUT2D eigenvalue weighted by atomic mass is 79.9. The van der Waals surface area contributed by atoms with Crippen LogP contribution in [0.15, 0.2) is 39.6 Å². The maximum absolute atomic E-state index is 11.9. The van der Waals surface area contributed by atoms with Crippen molar-refractivity contribution < 1.29 is 4.74 Å². The highest BCUT2D eigenvalue weighted by Crippen LogP contribution is 2.25. The van der Waals surface area contributed by atoms with Crippen LogP contribution in [0.25, 0.3) is 0 Å². The van der Waals surface area contributed by atoms with Crippen molar-refractivity contribution in [1.82, 2.24) is 9.97 Å². The van der Waals surface area contributed by atoms with Crippen molar-refractivity contribution in [3.8, 4) is 5.75 Å². The molecule has 0 aliphatic carbocycles. The summed E-state index contributed by atoms with van der Waals surface area (Å²) < 4.78 is 6.09. The van der Waals surface area contributed by atoms with Gasteiger partial charge in [-0.2, -0.15) is 0 Å². The Kier molecular flexibility index (Phi) is 4.28. The molecular formula is C15H17BrN2O2. The van der Waals surface area contributed by atoms with Gasteiger partial charge < -0.3 is 9.72 Å². The molecule has 1 heterocycles. The number of aromatic amines is 1. The molecule has 0 radical (unpaired) electrons. The second kappa shape index (κ2) is 5.79. The third-order valence-electron chi connectivity index (χ3n) is 2.74. The van der Waals surface area contributed by atoms with E-state index in [2.05, 4.69) is 25.9 Å². The van der Waals surface area contributed by atoms with Crippen LogP contribution in [-0.4, -0.2) is 9.97 Å². The van der Waals surface area contributed by atoms with Gasteiger partial charge in [0, 0.05) is 5.41 Å². The van der Waals surface area contributed by atoms with Crippen molar-refractivity contribution >= 4 is 15.9 Å². The summed E-state index contributed by atoms with van der Waals surface area (Å²) in [6.45, 7) is 6.28. The van der Waals surface area contributed by atoms with Crippen LogP contribution < -0.4 is 10.3 Å². The highest BCUT2D eigenvalue weighted by molar-refractivity contribution is 9.10. The minimum atomic E-state index is -0.214. The van der Waals surface area contributed by atoms with Gasteiger partial charge in [0.15, 0.2) is 0 Å². The Morgan fingerprint density at radius 1 is 1.25 bits per heavy atom. The molecule has 106 valence electrons. The number of nitrogens with zero attached hydrogens (tertiary/aromatic N) is 1. The number of hydrogen-bond donors (Lipinski definition) is 1. The standard InChI is InChI=1S/C15H17BrN2O2/c1-15(2,3)13-12(16)14(19)18-11(17-13)9-20-10-7-5-4-6-8-10/h4-8H,9H2,1-3H3,(H,17,18,19). The van der Waals surface area contributed by atoms with Gasteiger partial charge in [-0.15, -0.1) is 0 Å². The van der Waals surface area contributed by atoms with Crippen LogP contribution in [0.5, 0.6) is 5.75 Å². The first-order valence-electron chi connectivity index (χ1n) is 6.35. The molecule has 5 heteroatoms. The number of hydrogen-bond acceptors (Lipinski definition) is 3. The van der Waals surface area contributed by atoms with Crippen molar-refractivity contribution in [3.05, 3.63) is 56.7 Å². The Morgan fingerprint density at radius 2 is 1.90 bits per heavy atom. The first kappa shape index (κ1) is 14.8. The molecule has 0 aliphatic heterocycles. The second-order valence-electron chi connectivity index (χ2n) is 5.53. The summed E-state index contributed by atoms with van der Waals surface area (Å²) in [6.07, 6.45) is 0. The number of rotatable bonds is 3. The quantitative estimate of drug-likeness (QED) is 0.934. The van der Waals surface area contributed by atoms with Gasteiger partial charge in [-0.05, 0) is 28.1 Å². The predicted molar refractivity (Wildman–Crippen MR) is 82.0 cm³/mol. The Bertz CT molecular complexity index is 645. The van der Waals surface area contributed by atoms with Gasteiger partial charge in [0.25, 0.3) is 5.56 Å². The first-order chi connectivity index (χ1) is 9.38. The Hall–Kier alpha value is -1.62. The van der Waals surface area contributed by atoms with E-state index in [9.17, 15) is 4.79 Å². The average molecular weight is 337 g/mol. The van der Waals surface area contributed by atoms with E-state index in [0.29, 0.717) is 10.3 Å². The number of aromatic nitrogens is 2. The maximum atomic E-state index is 11.9. The minimum absolute atomic E-state index is 0.184. The molecule has 0 spiro atoms. The zero-order chi connectivity index (χ0) is 14.8. The fraction of sp³-hybridized carbons (Fsp3) is 0.333. The van der Waals surface area contributed by atoms with E-state index >= 15 is 0 Å². The van der Waals surface area contributed by atoms with Crippen LogP contribution in [-0.2, 0) is 12.0 Å². The largest absolute Gasteiger partial charge is 0.486 e. The lowest BCUT2D eigenvalue weighted by Gasteiger charge is -2.19. The maximum Gasteiger partial charge on any atom is 0.265 e. The summed E-state index contributed by atoms with van der Waals surface area (Å²) in [7, 11) is 0. The normalized spacial score (nSPS) is 11.4. The van der Waals surface area contributed by atoms with Crippen LogP contribution >= 0.6 is 15.9 Å². The zero-order valence-corrected chi connectivity index (χ0v) is 13.3. The van der Waals surface area contributed by atoms with Crippen LogP contribution in [0.4, 0.5) is 0 Å². The van der Waals surface area contributed by atoms with Gasteiger partial charge in [-0.1, -0.05) is 39.0 Å². The number of nitrogens with one attached hydrogen (secondary N) is 1. The molecule has 0 unspecified atom stereocenters. The molecule has 4 nitrogen and oxygen atoms in total. The summed E-state index contributed by atoms with van der Waals surface area (Å²) in [6, 6.07) is 9.44. The molecule has 0 saturated carbocycles. The van der Waals surface area contributed by atoms with Crippen molar-refractivity contribution in [2.45, 2.75) is 32.8 Å². The Morgan fingerprint density at radius 3 is 2.50 bits per heavy atom. The number of halogens is 1. The fourth-order valence-corrected chi connectivity index (χ4v) is 2.52. The van der Waals surface area contributed by atoms with Crippen LogP contribution in [0.2, 0.25) is 0 Å². The number of para-hydroxylation sites is 1. The van der Waals surface area contributed by atoms with Gasteiger partial charge in [0.2, 0.25) is 0 Å². The smallest absolute Gasteiger partial charge is 0.265 e. The van der Waals surface area contributed by atoms with Gasteiger partial charge in [0.1, 0.15) is 22.7 Å². The summed E-state index contributed by atoms with van der Waals surface area (Å²) in [5, 5.41) is 0. The van der Waals surface area contributed by atoms with E-state index in [4.69, 9.17) is 4.74 Å². The lowest BCUT2D eigenvalue weighted by Crippen LogP contribution is -2.24. The molecule has 0 fully saturated rings. The number of H-pyrrole nitrogens is 1. The molecule has 1 N–H and O–H groups in total. The molecule has 1 aromatic heterocycles. The van der Waals surface area contributed by atoms with E-state index in [1.807, 2.05) is 51.1 Å². The molecule has 0 bridgehead atoms. The van der Waals surface area contributed by atoms with Crippen LogP contribution in [0, 0.1) is 0 Å². The second-order valence-corrected chi connectivity index (χ2v) is 6.32. The van der Waals surface area contributed by atoms with E-state index in [0.717, 1.165) is 11.4 Å². The fourth-order valence-electron chi connectivity index (χ4n) is 1.74. The lowest BCUT2D eigenvalue weighted by molar-refractivity contribution is 0.294. The van der Waals surface area contributed by atoms with Crippen LogP contribution in [0.1, 0.15) is 32.3 Å². The van der Waals surface area contributed by atoms with Crippen molar-refractivity contribution in [2.75, 3.05) is 0 Å². The molecule has 0 atom stereocenters. The Labute approximate surface area is 126 Å². The highest BCUT2D eigenvalue weighted by Gasteiger charge is 2.22. The molecular weight excluding hydrogens is 320 g/mol. The van der Waals surface area contributed by atoms with E-state index in [-0.39, 0.29) is 17.6 Å². The Balaban J connectivity index is 2.25. The monoisotopic (exact) mass is 336 g/mol. The molecule has 20 heavy (non-hydrogen) atoms. The topological polar surface area (TPSA) is 55.0 Å². The summed E-state index contributed by atoms with van der Waals surface area (Å²) in [4.78, 5) is 19.1. The average Bonchev–Trinajstić information content (AvgIpc) is 2.40. The van der Waals surface area contributed by atoms with E-state index in [1.165, 1.54) is 0 Å². The molecule has 1 aromatic carbocycles. The SMILES string of the molecule is CC(C)(C)c1nc(COc2ccccc2)[nH]c(=O)c1Br. The molecule has 0 amide bonds. The molecule has 2 rings (SSSR count). The van der Waals surface area contributed by atoms with Crippen LogP contribution in [0.3, 0.4) is 0 Å². The third kappa shape index (κ3) is 3.48. The molecule has 0 aliphatic rings. The number of ether oxygens (including phenoxy) is 1. The minimum Gasteiger partial charge on any atom is -0.486 e. The van der Waals surface area contributed by atoms with Crippen molar-refractivity contribution in [3.63, 3.8) is 0 Å². The lowest BCUT2D eigenvalue weighted by atomic mass is 9.92. The number of benzene rings is 1. The van der Waals surface area contributed by atoms with Crippen molar-refractivity contribution in [1.29, 1.82) is 0 Å². The summed E-state index contributed by atoms with van der Waals surface area (Å²) in [5.41, 5.74) is 0.332. The van der Waals surface area contributed by atoms with Crippen molar-refractivity contribution in [2.24, 2.45) is 0 Å². The van der Waals surface area contributed by atoms with E-state index in [1.54, 1.807) is 0 Å². The first-order valence-corrected chi connectivity index (χ1v) is 7.14. The zero-order valence-electron chi connectivity index (χ0n) is 11.7. The third-order valence-corrected chi connectivity index (χ3v) is 3.48. The van der Waals surface area contributed by atoms with Gasteiger partial charge >= 0.3 is 0 Å². The van der Waals surface area contributed by atoms with Gasteiger partial charge in [-0.3, -0.25) is 4.79 Å². The summed E-state index contributed by atoms with van der Waals surface area (Å²) >= 11 is 3.30. The predicted octanol–water partition coefficient (Wildman–Crippen LogP) is 3.41.